The van der Waals surface area contributed by atoms with Crippen molar-refractivity contribution in [3.63, 3.8) is 0 Å². The average molecular weight is 321 g/mol. The Bertz CT molecular complexity index is 552. The average Bonchev–Trinajstić information content (AvgIpc) is 2.48. The number of aliphatic carboxylic acids is 1. The summed E-state index contributed by atoms with van der Waals surface area (Å²) in [6.45, 7) is 7.92. The van der Waals surface area contributed by atoms with E-state index in [4.69, 9.17) is 9.84 Å². The van der Waals surface area contributed by atoms with Crippen LogP contribution in [-0.4, -0.2) is 30.1 Å². The van der Waals surface area contributed by atoms with E-state index in [2.05, 4.69) is 5.32 Å². The van der Waals surface area contributed by atoms with Crippen LogP contribution in [0.3, 0.4) is 0 Å². The fraction of sp³-hybridized carbons (Fsp3) is 0.556. The Morgan fingerprint density at radius 2 is 1.91 bits per heavy atom. The van der Waals surface area contributed by atoms with E-state index in [0.717, 1.165) is 23.3 Å². The van der Waals surface area contributed by atoms with Crippen LogP contribution >= 0.6 is 0 Å². The number of ether oxygens (including phenoxy) is 1. The van der Waals surface area contributed by atoms with Crippen molar-refractivity contribution in [1.29, 1.82) is 0 Å². The molecule has 0 saturated carbocycles. The minimum Gasteiger partial charge on any atom is -0.493 e. The third-order valence-electron chi connectivity index (χ3n) is 3.71. The highest BCUT2D eigenvalue weighted by atomic mass is 16.5. The van der Waals surface area contributed by atoms with Gasteiger partial charge in [-0.15, -0.1) is 0 Å². The minimum atomic E-state index is -0.943. The lowest BCUT2D eigenvalue weighted by molar-refractivity contribution is -0.146. The lowest BCUT2D eigenvalue weighted by atomic mass is 9.94. The third kappa shape index (κ3) is 6.72. The van der Waals surface area contributed by atoms with Crippen LogP contribution < -0.4 is 10.1 Å². The predicted molar refractivity (Wildman–Crippen MR) is 89.7 cm³/mol. The molecule has 1 aromatic carbocycles. The number of carboxylic acid groups (broad SMARTS) is 1. The van der Waals surface area contributed by atoms with Crippen LogP contribution in [0.4, 0.5) is 0 Å². The normalized spacial score (nSPS) is 11.1. The van der Waals surface area contributed by atoms with E-state index in [9.17, 15) is 9.59 Å². The standard InChI is InChI=1S/C18H27NO4/c1-13-8-9-14(2)15(11-13)23-10-6-5-7-16(20)19-12-18(3,4)17(21)22/h8-9,11H,5-7,10,12H2,1-4H3,(H,19,20)(H,21,22). The Kier molecular flexibility index (Phi) is 7.07. The molecule has 23 heavy (non-hydrogen) atoms. The van der Waals surface area contributed by atoms with Gasteiger partial charge in [0.1, 0.15) is 5.75 Å². The lowest BCUT2D eigenvalue weighted by Crippen LogP contribution is -2.38. The van der Waals surface area contributed by atoms with E-state index in [1.54, 1.807) is 13.8 Å². The van der Waals surface area contributed by atoms with E-state index in [1.165, 1.54) is 0 Å². The van der Waals surface area contributed by atoms with Gasteiger partial charge in [-0.1, -0.05) is 12.1 Å². The number of carbonyl (C=O) groups is 2. The molecule has 0 atom stereocenters. The quantitative estimate of drug-likeness (QED) is 0.685. The van der Waals surface area contributed by atoms with Crippen LogP contribution in [0.1, 0.15) is 44.2 Å². The van der Waals surface area contributed by atoms with Gasteiger partial charge in [0.25, 0.3) is 0 Å². The Morgan fingerprint density at radius 3 is 2.57 bits per heavy atom. The second-order valence-electron chi connectivity index (χ2n) is 6.54. The molecule has 0 bridgehead atoms. The molecule has 0 aliphatic rings. The molecule has 0 fully saturated rings. The van der Waals surface area contributed by atoms with Crippen molar-refractivity contribution < 1.29 is 19.4 Å². The number of carboxylic acids is 1. The number of carbonyl (C=O) groups excluding carboxylic acids is 1. The van der Waals surface area contributed by atoms with Crippen LogP contribution in [0.2, 0.25) is 0 Å². The SMILES string of the molecule is Cc1ccc(C)c(OCCCCC(=O)NCC(C)(C)C(=O)O)c1. The van der Waals surface area contributed by atoms with Crippen LogP contribution in [-0.2, 0) is 9.59 Å². The summed E-state index contributed by atoms with van der Waals surface area (Å²) >= 11 is 0. The summed E-state index contributed by atoms with van der Waals surface area (Å²) in [4.78, 5) is 22.7. The van der Waals surface area contributed by atoms with Crippen molar-refractivity contribution >= 4 is 11.9 Å². The number of benzene rings is 1. The van der Waals surface area contributed by atoms with Crippen LogP contribution in [0, 0.1) is 19.3 Å². The fourth-order valence-corrected chi connectivity index (χ4v) is 1.92. The lowest BCUT2D eigenvalue weighted by Gasteiger charge is -2.19. The van der Waals surface area contributed by atoms with E-state index >= 15 is 0 Å². The summed E-state index contributed by atoms with van der Waals surface area (Å²) in [7, 11) is 0. The molecule has 0 radical (unpaired) electrons. The molecular formula is C18H27NO4. The number of rotatable bonds is 9. The van der Waals surface area contributed by atoms with Crippen LogP contribution in [0.15, 0.2) is 18.2 Å². The molecule has 1 aromatic rings. The third-order valence-corrected chi connectivity index (χ3v) is 3.71. The number of hydrogen-bond donors (Lipinski definition) is 2. The molecule has 5 heteroatoms. The number of amides is 1. The van der Waals surface area contributed by atoms with Gasteiger partial charge in [-0.25, -0.2) is 0 Å². The molecular weight excluding hydrogens is 294 g/mol. The zero-order valence-electron chi connectivity index (χ0n) is 14.4. The molecule has 5 nitrogen and oxygen atoms in total. The maximum Gasteiger partial charge on any atom is 0.310 e. The molecule has 2 N–H and O–H groups in total. The Hall–Kier alpha value is -2.04. The molecule has 128 valence electrons. The first-order valence-electron chi connectivity index (χ1n) is 7.92. The zero-order valence-corrected chi connectivity index (χ0v) is 14.4. The van der Waals surface area contributed by atoms with E-state index in [1.807, 2.05) is 32.0 Å². The van der Waals surface area contributed by atoms with E-state index < -0.39 is 11.4 Å². The van der Waals surface area contributed by atoms with Gasteiger partial charge in [-0.05, 0) is 57.7 Å². The molecule has 0 spiro atoms. The maximum absolute atomic E-state index is 11.7. The highest BCUT2D eigenvalue weighted by Gasteiger charge is 2.27. The summed E-state index contributed by atoms with van der Waals surface area (Å²) in [5.74, 6) is -0.150. The van der Waals surface area contributed by atoms with Gasteiger partial charge in [0.15, 0.2) is 0 Å². The first-order chi connectivity index (χ1) is 10.7. The Labute approximate surface area is 138 Å². The zero-order chi connectivity index (χ0) is 17.5. The van der Waals surface area contributed by atoms with Gasteiger partial charge >= 0.3 is 5.97 Å². The summed E-state index contributed by atoms with van der Waals surface area (Å²) in [5.41, 5.74) is 1.32. The highest BCUT2D eigenvalue weighted by molar-refractivity contribution is 5.78. The molecule has 1 amide bonds. The molecule has 0 heterocycles. The van der Waals surface area contributed by atoms with Crippen molar-refractivity contribution in [2.75, 3.05) is 13.2 Å². The molecule has 0 aliphatic carbocycles. The monoisotopic (exact) mass is 321 g/mol. The topological polar surface area (TPSA) is 75.6 Å². The Balaban J connectivity index is 2.21. The summed E-state index contributed by atoms with van der Waals surface area (Å²) in [6.07, 6.45) is 1.87. The number of unbranched alkanes of at least 4 members (excludes halogenated alkanes) is 1. The van der Waals surface area contributed by atoms with Crippen molar-refractivity contribution in [2.24, 2.45) is 5.41 Å². The summed E-state index contributed by atoms with van der Waals surface area (Å²) in [5, 5.41) is 11.7. The van der Waals surface area contributed by atoms with Crippen molar-refractivity contribution in [3.8, 4) is 5.75 Å². The molecule has 0 aromatic heterocycles. The number of nitrogens with one attached hydrogen (secondary N) is 1. The van der Waals surface area contributed by atoms with Gasteiger partial charge < -0.3 is 15.2 Å². The van der Waals surface area contributed by atoms with Crippen LogP contribution in [0.5, 0.6) is 5.75 Å². The molecule has 0 unspecified atom stereocenters. The molecule has 0 saturated heterocycles. The van der Waals surface area contributed by atoms with E-state index in [-0.39, 0.29) is 12.5 Å². The van der Waals surface area contributed by atoms with Crippen LogP contribution in [0.25, 0.3) is 0 Å². The number of hydrogen-bond acceptors (Lipinski definition) is 3. The van der Waals surface area contributed by atoms with Gasteiger partial charge in [0.05, 0.1) is 12.0 Å². The first-order valence-corrected chi connectivity index (χ1v) is 7.92. The van der Waals surface area contributed by atoms with Crippen molar-refractivity contribution in [3.05, 3.63) is 29.3 Å². The van der Waals surface area contributed by atoms with Gasteiger partial charge in [0, 0.05) is 13.0 Å². The first kappa shape index (κ1) is 19.0. The highest BCUT2D eigenvalue weighted by Crippen LogP contribution is 2.19. The smallest absolute Gasteiger partial charge is 0.310 e. The second-order valence-corrected chi connectivity index (χ2v) is 6.54. The largest absolute Gasteiger partial charge is 0.493 e. The molecule has 0 aliphatic heterocycles. The predicted octanol–water partition coefficient (Wildman–Crippen LogP) is 3.08. The fourth-order valence-electron chi connectivity index (χ4n) is 1.92. The minimum absolute atomic E-state index is 0.119. The van der Waals surface area contributed by atoms with Gasteiger partial charge in [-0.3, -0.25) is 9.59 Å². The van der Waals surface area contributed by atoms with Crippen molar-refractivity contribution in [1.82, 2.24) is 5.32 Å². The Morgan fingerprint density at radius 1 is 1.22 bits per heavy atom. The molecule has 1 rings (SSSR count). The van der Waals surface area contributed by atoms with Crippen molar-refractivity contribution in [2.45, 2.75) is 47.0 Å². The van der Waals surface area contributed by atoms with E-state index in [0.29, 0.717) is 19.4 Å². The maximum atomic E-state index is 11.7. The summed E-state index contributed by atoms with van der Waals surface area (Å²) in [6, 6.07) is 6.09. The second kappa shape index (κ2) is 8.56. The summed E-state index contributed by atoms with van der Waals surface area (Å²) < 4.78 is 5.74. The van der Waals surface area contributed by atoms with Gasteiger partial charge in [-0.2, -0.15) is 0 Å². The number of aryl methyl sites for hydroxylation is 2. The van der Waals surface area contributed by atoms with Gasteiger partial charge in [0.2, 0.25) is 5.91 Å².